The Kier molecular flexibility index (Phi) is 9.57. The molecule has 0 aliphatic rings. The number of hydrogen-bond donors (Lipinski definition) is 3. The fraction of sp³-hybridized carbons (Fsp3) is 0.129. The first kappa shape index (κ1) is 33.1. The number of hydrogen-bond acceptors (Lipinski definition) is 12. The average Bonchev–Trinajstić information content (AvgIpc) is 2.99. The second-order valence-electron chi connectivity index (χ2n) is 10.4. The van der Waals surface area contributed by atoms with Crippen molar-refractivity contribution in [2.24, 2.45) is 20.5 Å². The molecule has 1 aromatic heterocycles. The van der Waals surface area contributed by atoms with Gasteiger partial charge in [0.2, 0.25) is 5.95 Å². The standard InChI is InChI=1S/C31H28N8O6S2/c1-19-13-22(9-11-28(19)38-36-23-7-5-4-6-8-23)15-30-32-21(3)33-31(35-30)34-24-10-12-29(20(2)14-24)39-37-25-16-26(46(40,41)42)18-27(17-25)47(43,44)45/h4-14,16-18H,15H2,1-3H3,(H,40,41,42)(H,43,44,45)(H,32,33,34,35). The summed E-state index contributed by atoms with van der Waals surface area (Å²) in [7, 11) is -9.57. The first-order chi connectivity index (χ1) is 22.2. The summed E-state index contributed by atoms with van der Waals surface area (Å²) >= 11 is 0. The van der Waals surface area contributed by atoms with Gasteiger partial charge in [-0.3, -0.25) is 9.11 Å². The van der Waals surface area contributed by atoms with E-state index in [1.165, 1.54) is 0 Å². The van der Waals surface area contributed by atoms with Crippen LogP contribution in [0.2, 0.25) is 0 Å². The first-order valence-corrected chi connectivity index (χ1v) is 16.8. The van der Waals surface area contributed by atoms with E-state index in [4.69, 9.17) is 0 Å². The Morgan fingerprint density at radius 2 is 1.23 bits per heavy atom. The zero-order valence-corrected chi connectivity index (χ0v) is 26.9. The highest BCUT2D eigenvalue weighted by atomic mass is 32.2. The first-order valence-electron chi connectivity index (χ1n) is 13.9. The highest BCUT2D eigenvalue weighted by Crippen LogP contribution is 2.29. The molecule has 16 heteroatoms. The molecule has 0 saturated carbocycles. The van der Waals surface area contributed by atoms with Gasteiger partial charge in [-0.2, -0.15) is 47.3 Å². The van der Waals surface area contributed by atoms with Crippen LogP contribution in [0.4, 0.5) is 34.4 Å². The van der Waals surface area contributed by atoms with Crippen LogP contribution < -0.4 is 5.32 Å². The van der Waals surface area contributed by atoms with Gasteiger partial charge in [0.1, 0.15) is 11.6 Å². The monoisotopic (exact) mass is 672 g/mol. The number of benzene rings is 4. The minimum atomic E-state index is -4.78. The Morgan fingerprint density at radius 3 is 1.83 bits per heavy atom. The van der Waals surface area contributed by atoms with Crippen molar-refractivity contribution in [3.8, 4) is 0 Å². The maximum atomic E-state index is 11.6. The quantitative estimate of drug-likeness (QED) is 0.0985. The number of aromatic nitrogens is 3. The number of azo groups is 2. The third-order valence-corrected chi connectivity index (χ3v) is 8.30. The third kappa shape index (κ3) is 8.92. The Labute approximate surface area is 270 Å². The second kappa shape index (κ2) is 13.6. The summed E-state index contributed by atoms with van der Waals surface area (Å²) in [6.07, 6.45) is 0.464. The van der Waals surface area contributed by atoms with Crippen LogP contribution in [-0.4, -0.2) is 40.9 Å². The molecule has 5 rings (SSSR count). The maximum Gasteiger partial charge on any atom is 0.294 e. The smallest absolute Gasteiger partial charge is 0.294 e. The van der Waals surface area contributed by atoms with Crippen LogP contribution in [0.3, 0.4) is 0 Å². The van der Waals surface area contributed by atoms with Crippen LogP contribution in [0.1, 0.15) is 28.3 Å². The summed E-state index contributed by atoms with van der Waals surface area (Å²) in [4.78, 5) is 11.9. The molecule has 14 nitrogen and oxygen atoms in total. The van der Waals surface area contributed by atoms with Crippen LogP contribution in [0.15, 0.2) is 115 Å². The molecule has 0 unspecified atom stereocenters. The highest BCUT2D eigenvalue weighted by Gasteiger charge is 2.18. The topological polar surface area (TPSA) is 209 Å². The van der Waals surface area contributed by atoms with Gasteiger partial charge in [0.15, 0.2) is 0 Å². The van der Waals surface area contributed by atoms with Gasteiger partial charge in [-0.25, -0.2) is 4.98 Å². The minimum Gasteiger partial charge on any atom is -0.324 e. The van der Waals surface area contributed by atoms with Crippen LogP contribution >= 0.6 is 0 Å². The molecule has 0 amide bonds. The van der Waals surface area contributed by atoms with Crippen molar-refractivity contribution in [3.63, 3.8) is 0 Å². The number of aryl methyl sites for hydroxylation is 3. The van der Waals surface area contributed by atoms with Crippen molar-refractivity contribution in [1.82, 2.24) is 15.0 Å². The highest BCUT2D eigenvalue weighted by molar-refractivity contribution is 7.86. The summed E-state index contributed by atoms with van der Waals surface area (Å²) in [5.74, 6) is 1.43. The van der Waals surface area contributed by atoms with Gasteiger partial charge in [0.05, 0.1) is 32.5 Å². The van der Waals surface area contributed by atoms with Crippen molar-refractivity contribution in [2.45, 2.75) is 37.0 Å². The molecule has 0 atom stereocenters. The van der Waals surface area contributed by atoms with Crippen LogP contribution in [-0.2, 0) is 26.7 Å². The molecule has 0 aliphatic heterocycles. The number of nitrogens with zero attached hydrogens (tertiary/aromatic N) is 7. The van der Waals surface area contributed by atoms with Crippen LogP contribution in [0, 0.1) is 20.8 Å². The summed E-state index contributed by atoms with van der Waals surface area (Å²) in [6, 6.07) is 22.9. The maximum absolute atomic E-state index is 11.6. The van der Waals surface area contributed by atoms with Gasteiger partial charge in [-0.1, -0.05) is 30.3 Å². The van der Waals surface area contributed by atoms with E-state index >= 15 is 0 Å². The summed E-state index contributed by atoms with van der Waals surface area (Å²) < 4.78 is 65.0. The summed E-state index contributed by atoms with van der Waals surface area (Å²) in [5.41, 5.74) is 4.96. The van der Waals surface area contributed by atoms with E-state index in [2.05, 4.69) is 40.7 Å². The number of rotatable bonds is 10. The lowest BCUT2D eigenvalue weighted by Gasteiger charge is -2.10. The van der Waals surface area contributed by atoms with Crippen LogP contribution in [0.5, 0.6) is 0 Å². The predicted octanol–water partition coefficient (Wildman–Crippen LogP) is 7.46. The average molecular weight is 673 g/mol. The van der Waals surface area contributed by atoms with E-state index in [1.54, 1.807) is 32.0 Å². The fourth-order valence-electron chi connectivity index (χ4n) is 4.40. The van der Waals surface area contributed by atoms with Crippen molar-refractivity contribution < 1.29 is 25.9 Å². The van der Waals surface area contributed by atoms with Gasteiger partial charge in [0.25, 0.3) is 20.2 Å². The minimum absolute atomic E-state index is 0.219. The molecule has 0 aliphatic carbocycles. The molecular weight excluding hydrogens is 645 g/mol. The van der Waals surface area contributed by atoms with Crippen molar-refractivity contribution in [1.29, 1.82) is 0 Å². The molecule has 5 aromatic rings. The van der Waals surface area contributed by atoms with E-state index in [0.717, 1.165) is 34.6 Å². The molecule has 1 heterocycles. The van der Waals surface area contributed by atoms with Crippen molar-refractivity contribution >= 4 is 54.6 Å². The molecule has 0 saturated heterocycles. The zero-order chi connectivity index (χ0) is 33.8. The van der Waals surface area contributed by atoms with Crippen molar-refractivity contribution in [2.75, 3.05) is 5.32 Å². The van der Waals surface area contributed by atoms with E-state index in [9.17, 15) is 25.9 Å². The molecular formula is C31H28N8O6S2. The number of anilines is 2. The van der Waals surface area contributed by atoms with Gasteiger partial charge >= 0.3 is 0 Å². The lowest BCUT2D eigenvalue weighted by Crippen LogP contribution is -2.06. The zero-order valence-electron chi connectivity index (χ0n) is 25.3. The largest absolute Gasteiger partial charge is 0.324 e. The molecule has 47 heavy (non-hydrogen) atoms. The fourth-order valence-corrected chi connectivity index (χ4v) is 5.56. The van der Waals surface area contributed by atoms with Gasteiger partial charge in [0, 0.05) is 12.1 Å². The molecule has 4 aromatic carbocycles. The van der Waals surface area contributed by atoms with Gasteiger partial charge in [-0.15, -0.1) is 0 Å². The van der Waals surface area contributed by atoms with E-state index in [-0.39, 0.29) is 5.69 Å². The molecule has 0 spiro atoms. The Bertz CT molecular complexity index is 2190. The molecule has 0 bridgehead atoms. The second-order valence-corrected chi connectivity index (χ2v) is 13.2. The number of nitrogens with one attached hydrogen (secondary N) is 1. The van der Waals surface area contributed by atoms with Gasteiger partial charge in [-0.05, 0) is 92.1 Å². The molecule has 3 N–H and O–H groups in total. The normalized spacial score (nSPS) is 12.2. The summed E-state index contributed by atoms with van der Waals surface area (Å²) in [6.45, 7) is 5.49. The third-order valence-electron chi connectivity index (χ3n) is 6.63. The van der Waals surface area contributed by atoms with E-state index in [0.29, 0.717) is 47.0 Å². The predicted molar refractivity (Wildman–Crippen MR) is 174 cm³/mol. The SMILES string of the molecule is Cc1nc(Cc2ccc(N=Nc3ccccc3)c(C)c2)nc(Nc2ccc(N=Nc3cc(S(=O)(=O)O)cc(S(=O)(=O)O)c3)c(C)c2)n1. The van der Waals surface area contributed by atoms with Crippen LogP contribution in [0.25, 0.3) is 0 Å². The molecule has 0 radical (unpaired) electrons. The Morgan fingerprint density at radius 1 is 0.638 bits per heavy atom. The lowest BCUT2D eigenvalue weighted by atomic mass is 10.1. The van der Waals surface area contributed by atoms with E-state index in [1.807, 2.05) is 55.5 Å². The molecule has 0 fully saturated rings. The molecule has 240 valence electrons. The Balaban J connectivity index is 1.30. The van der Waals surface area contributed by atoms with E-state index < -0.39 is 30.0 Å². The van der Waals surface area contributed by atoms with Gasteiger partial charge < -0.3 is 5.32 Å². The van der Waals surface area contributed by atoms with Crippen molar-refractivity contribution in [3.05, 3.63) is 113 Å². The summed E-state index contributed by atoms with van der Waals surface area (Å²) in [5, 5.41) is 19.8. The lowest BCUT2D eigenvalue weighted by molar-refractivity contribution is 0.481. The Hall–Kier alpha value is -5.29.